The molecule has 36 heavy (non-hydrogen) atoms. The summed E-state index contributed by atoms with van der Waals surface area (Å²) in [7, 11) is 4.82. The van der Waals surface area contributed by atoms with E-state index in [-0.39, 0.29) is 24.7 Å². The fourth-order valence-corrected chi connectivity index (χ4v) is 4.97. The molecule has 0 aromatic heterocycles. The lowest BCUT2D eigenvalue weighted by molar-refractivity contribution is -0.143. The Morgan fingerprint density at radius 3 is 1.36 bits per heavy atom. The lowest BCUT2D eigenvalue weighted by Crippen LogP contribution is -2.44. The number of alkyl carbamates (subject to hydrolysis) is 2. The van der Waals surface area contributed by atoms with Gasteiger partial charge in [-0.25, -0.2) is 19.2 Å². The Bertz CT molecular complexity index is 899. The lowest BCUT2D eigenvalue weighted by atomic mass is 10.2. The number of methoxy groups -OCH3 is 2. The largest absolute Gasteiger partial charge is 0.467 e. The molecule has 2 aromatic rings. The molecule has 0 fully saturated rings. The van der Waals surface area contributed by atoms with Crippen LogP contribution in [-0.2, 0) is 41.8 Å². The predicted molar refractivity (Wildman–Crippen MR) is 136 cm³/mol. The first-order chi connectivity index (χ1) is 17.4. The van der Waals surface area contributed by atoms with Gasteiger partial charge in [0.05, 0.1) is 14.2 Å². The van der Waals surface area contributed by atoms with Gasteiger partial charge in [0, 0.05) is 11.5 Å². The molecule has 0 heterocycles. The molecule has 0 aliphatic carbocycles. The minimum absolute atomic E-state index is 0.0509. The molecule has 0 aliphatic heterocycles. The zero-order valence-electron chi connectivity index (χ0n) is 19.8. The van der Waals surface area contributed by atoms with E-state index in [2.05, 4.69) is 10.6 Å². The number of carbonyl (C=O) groups is 4. The van der Waals surface area contributed by atoms with E-state index in [0.717, 1.165) is 11.1 Å². The van der Waals surface area contributed by atoms with Crippen molar-refractivity contribution in [3.63, 3.8) is 0 Å². The van der Waals surface area contributed by atoms with E-state index in [9.17, 15) is 19.2 Å². The summed E-state index contributed by atoms with van der Waals surface area (Å²) < 4.78 is 19.8. The molecule has 1 unspecified atom stereocenters. The van der Waals surface area contributed by atoms with Crippen LogP contribution in [0.4, 0.5) is 9.59 Å². The van der Waals surface area contributed by atoms with Gasteiger partial charge in [-0.2, -0.15) is 0 Å². The average Bonchev–Trinajstić information content (AvgIpc) is 2.91. The topological polar surface area (TPSA) is 129 Å². The SMILES string of the molecule is COC(=O)C(CSSC[C@H](NC(=O)OCc1ccccc1)C(=O)OC)NC(=O)OCc1ccccc1. The highest BCUT2D eigenvalue weighted by Crippen LogP contribution is 2.24. The lowest BCUT2D eigenvalue weighted by Gasteiger charge is -2.18. The zero-order valence-corrected chi connectivity index (χ0v) is 21.5. The summed E-state index contributed by atoms with van der Waals surface area (Å²) in [4.78, 5) is 48.4. The Hall–Kier alpha value is -3.38. The highest BCUT2D eigenvalue weighted by Gasteiger charge is 2.25. The van der Waals surface area contributed by atoms with E-state index >= 15 is 0 Å². The van der Waals surface area contributed by atoms with Crippen molar-refractivity contribution in [3.05, 3.63) is 71.8 Å². The summed E-state index contributed by atoms with van der Waals surface area (Å²) in [5.41, 5.74) is 1.60. The van der Waals surface area contributed by atoms with Gasteiger partial charge in [0.15, 0.2) is 0 Å². The van der Waals surface area contributed by atoms with Crippen molar-refractivity contribution in [3.8, 4) is 0 Å². The van der Waals surface area contributed by atoms with E-state index in [1.807, 2.05) is 36.4 Å². The monoisotopic (exact) mass is 536 g/mol. The van der Waals surface area contributed by atoms with Crippen LogP contribution in [0.2, 0.25) is 0 Å². The van der Waals surface area contributed by atoms with Crippen molar-refractivity contribution >= 4 is 45.7 Å². The first-order valence-electron chi connectivity index (χ1n) is 10.8. The smallest absolute Gasteiger partial charge is 0.408 e. The maximum absolute atomic E-state index is 12.1. The van der Waals surface area contributed by atoms with Gasteiger partial charge in [-0.05, 0) is 11.1 Å². The summed E-state index contributed by atoms with van der Waals surface area (Å²) >= 11 is 0. The first-order valence-corrected chi connectivity index (χ1v) is 13.3. The molecule has 0 saturated carbocycles. The number of carbonyl (C=O) groups excluding carboxylic acids is 4. The fourth-order valence-electron chi connectivity index (χ4n) is 2.67. The Balaban J connectivity index is 1.78. The molecule has 0 radical (unpaired) electrons. The van der Waals surface area contributed by atoms with Crippen LogP contribution in [0.25, 0.3) is 0 Å². The standard InChI is InChI=1S/C24H28N2O8S2/c1-31-21(27)19(25-23(29)33-13-17-9-5-3-6-10-17)15-35-36-16-20(22(28)32-2)26-24(30)34-14-18-11-7-4-8-12-18/h3-12,19-20H,13-16H2,1-2H3,(H,25,29)(H,26,30)/t19-,20?/m0/s1. The molecule has 0 spiro atoms. The molecule has 12 heteroatoms. The van der Waals surface area contributed by atoms with Crippen LogP contribution in [-0.4, -0.2) is 61.9 Å². The Morgan fingerprint density at radius 1 is 0.667 bits per heavy atom. The van der Waals surface area contributed by atoms with Crippen LogP contribution in [0.5, 0.6) is 0 Å². The quantitative estimate of drug-likeness (QED) is 0.170. The fraction of sp³-hybridized carbons (Fsp3) is 0.333. The van der Waals surface area contributed by atoms with Crippen LogP contribution in [0, 0.1) is 0 Å². The highest BCUT2D eigenvalue weighted by molar-refractivity contribution is 8.76. The van der Waals surface area contributed by atoms with E-state index in [0.29, 0.717) is 0 Å². The summed E-state index contributed by atoms with van der Waals surface area (Å²) in [6.07, 6.45) is -1.54. The molecule has 2 atom stereocenters. The van der Waals surface area contributed by atoms with E-state index < -0.39 is 36.2 Å². The van der Waals surface area contributed by atoms with E-state index in [4.69, 9.17) is 18.9 Å². The van der Waals surface area contributed by atoms with Crippen LogP contribution in [0.15, 0.2) is 60.7 Å². The van der Waals surface area contributed by atoms with Crippen molar-refractivity contribution in [2.75, 3.05) is 25.7 Å². The van der Waals surface area contributed by atoms with Crippen molar-refractivity contribution < 1.29 is 38.1 Å². The minimum Gasteiger partial charge on any atom is -0.467 e. The second-order valence-electron chi connectivity index (χ2n) is 7.13. The molecule has 0 bridgehead atoms. The highest BCUT2D eigenvalue weighted by atomic mass is 33.1. The second kappa shape index (κ2) is 16.3. The minimum atomic E-state index is -0.976. The Morgan fingerprint density at radius 2 is 1.03 bits per heavy atom. The molecule has 2 N–H and O–H groups in total. The molecule has 0 aliphatic rings. The Labute approximate surface area is 217 Å². The predicted octanol–water partition coefficient (Wildman–Crippen LogP) is 3.30. The maximum atomic E-state index is 12.1. The molecule has 2 aromatic carbocycles. The molecular weight excluding hydrogens is 508 g/mol. The normalized spacial score (nSPS) is 11.9. The molecule has 2 amide bonds. The van der Waals surface area contributed by atoms with Crippen LogP contribution >= 0.6 is 21.6 Å². The summed E-state index contributed by atoms with van der Waals surface area (Å²) in [6.45, 7) is 0.102. The molecular formula is C24H28N2O8S2. The number of hydrogen-bond acceptors (Lipinski definition) is 10. The Kier molecular flexibility index (Phi) is 13.1. The maximum Gasteiger partial charge on any atom is 0.408 e. The molecule has 0 saturated heterocycles. The first kappa shape index (κ1) is 28.9. The van der Waals surface area contributed by atoms with Crippen molar-refractivity contribution in [2.24, 2.45) is 0 Å². The summed E-state index contributed by atoms with van der Waals surface area (Å²) in [6, 6.07) is 16.2. The van der Waals surface area contributed by atoms with E-state index in [1.54, 1.807) is 24.3 Å². The van der Waals surface area contributed by atoms with Crippen LogP contribution < -0.4 is 10.6 Å². The number of benzene rings is 2. The van der Waals surface area contributed by atoms with Gasteiger partial charge < -0.3 is 29.6 Å². The third-order valence-electron chi connectivity index (χ3n) is 4.53. The molecule has 194 valence electrons. The number of ether oxygens (including phenoxy) is 4. The van der Waals surface area contributed by atoms with Crippen molar-refractivity contribution in [1.29, 1.82) is 0 Å². The van der Waals surface area contributed by atoms with Crippen LogP contribution in [0.1, 0.15) is 11.1 Å². The van der Waals surface area contributed by atoms with Gasteiger partial charge in [-0.1, -0.05) is 82.3 Å². The van der Waals surface area contributed by atoms with Gasteiger partial charge in [0.1, 0.15) is 25.3 Å². The van der Waals surface area contributed by atoms with Gasteiger partial charge in [0.25, 0.3) is 0 Å². The molecule has 10 nitrogen and oxygen atoms in total. The van der Waals surface area contributed by atoms with Crippen LogP contribution in [0.3, 0.4) is 0 Å². The second-order valence-corrected chi connectivity index (χ2v) is 9.68. The third kappa shape index (κ3) is 10.9. The van der Waals surface area contributed by atoms with Gasteiger partial charge in [-0.15, -0.1) is 0 Å². The zero-order chi connectivity index (χ0) is 26.2. The van der Waals surface area contributed by atoms with Gasteiger partial charge in [-0.3, -0.25) is 0 Å². The van der Waals surface area contributed by atoms with Gasteiger partial charge in [0.2, 0.25) is 0 Å². The number of nitrogens with one attached hydrogen (secondary N) is 2. The molecule has 2 rings (SSSR count). The number of rotatable bonds is 13. The van der Waals surface area contributed by atoms with Crippen molar-refractivity contribution in [2.45, 2.75) is 25.3 Å². The average molecular weight is 537 g/mol. The number of amides is 2. The number of esters is 2. The van der Waals surface area contributed by atoms with Crippen molar-refractivity contribution in [1.82, 2.24) is 10.6 Å². The third-order valence-corrected chi connectivity index (χ3v) is 6.96. The van der Waals surface area contributed by atoms with Gasteiger partial charge >= 0.3 is 24.1 Å². The summed E-state index contributed by atoms with van der Waals surface area (Å²) in [5.74, 6) is -1.03. The van der Waals surface area contributed by atoms with E-state index in [1.165, 1.54) is 35.8 Å². The summed E-state index contributed by atoms with van der Waals surface area (Å²) in [5, 5.41) is 4.95. The number of hydrogen-bond donors (Lipinski definition) is 2.